The molecule has 3 heteroatoms. The van der Waals surface area contributed by atoms with Crippen molar-refractivity contribution in [2.24, 2.45) is 0 Å². The summed E-state index contributed by atoms with van der Waals surface area (Å²) >= 11 is 1.88. The van der Waals surface area contributed by atoms with E-state index in [1.165, 1.54) is 68.8 Å². The van der Waals surface area contributed by atoms with Gasteiger partial charge < -0.3 is 0 Å². The Morgan fingerprint density at radius 2 is 1.15 bits per heavy atom. The van der Waals surface area contributed by atoms with E-state index in [9.17, 15) is 0 Å². The molecule has 0 saturated carbocycles. The molecule has 48 heavy (non-hydrogen) atoms. The van der Waals surface area contributed by atoms with Gasteiger partial charge in [0.15, 0.2) is 0 Å². The first-order chi connectivity index (χ1) is 23.4. The molecule has 0 bridgehead atoms. The van der Waals surface area contributed by atoms with Crippen molar-refractivity contribution in [3.05, 3.63) is 145 Å². The predicted molar refractivity (Wildman–Crippen MR) is 209 cm³/mol. The summed E-state index contributed by atoms with van der Waals surface area (Å²) in [5.41, 5.74) is 5.90. The summed E-state index contributed by atoms with van der Waals surface area (Å²) in [6.07, 6.45) is 0. The van der Waals surface area contributed by atoms with E-state index in [-0.39, 0.29) is 5.41 Å². The molecule has 0 N–H and O–H groups in total. The van der Waals surface area contributed by atoms with Crippen molar-refractivity contribution in [1.82, 2.24) is 9.38 Å². The van der Waals surface area contributed by atoms with Crippen LogP contribution in [-0.4, -0.2) is 9.38 Å². The van der Waals surface area contributed by atoms with Gasteiger partial charge >= 0.3 is 0 Å². The molecular formula is C45H32N2S. The van der Waals surface area contributed by atoms with E-state index < -0.39 is 0 Å². The van der Waals surface area contributed by atoms with Crippen LogP contribution in [0.25, 0.3) is 91.2 Å². The van der Waals surface area contributed by atoms with Crippen LogP contribution in [0.2, 0.25) is 0 Å². The maximum absolute atomic E-state index is 5.48. The molecular weight excluding hydrogens is 601 g/mol. The number of aromatic nitrogens is 2. The number of rotatable bonds is 1. The lowest BCUT2D eigenvalue weighted by Gasteiger charge is -2.19. The second-order valence-corrected chi connectivity index (χ2v) is 15.0. The van der Waals surface area contributed by atoms with Gasteiger partial charge in [0.2, 0.25) is 0 Å². The van der Waals surface area contributed by atoms with Crippen molar-refractivity contribution in [2.45, 2.75) is 26.2 Å². The molecule has 3 heterocycles. The quantitative estimate of drug-likeness (QED) is 0.176. The summed E-state index contributed by atoms with van der Waals surface area (Å²) in [5.74, 6) is 0.971. The molecule has 7 aromatic carbocycles. The van der Waals surface area contributed by atoms with Crippen LogP contribution < -0.4 is 0 Å². The second kappa shape index (κ2) is 10.00. The number of hydrogen-bond donors (Lipinski definition) is 0. The summed E-state index contributed by atoms with van der Waals surface area (Å²) in [5, 5.41) is 12.5. The molecule has 3 aromatic heterocycles. The van der Waals surface area contributed by atoms with Gasteiger partial charge in [-0.1, -0.05) is 130 Å². The van der Waals surface area contributed by atoms with Crippen molar-refractivity contribution in [3.63, 3.8) is 0 Å². The van der Waals surface area contributed by atoms with Crippen molar-refractivity contribution in [1.29, 1.82) is 0 Å². The van der Waals surface area contributed by atoms with Gasteiger partial charge in [0.25, 0.3) is 0 Å². The Morgan fingerprint density at radius 3 is 1.90 bits per heavy atom. The maximum atomic E-state index is 5.48. The highest BCUT2D eigenvalue weighted by atomic mass is 32.1. The first-order valence-electron chi connectivity index (χ1n) is 16.6. The molecule has 10 aromatic rings. The molecule has 10 rings (SSSR count). The lowest BCUT2D eigenvalue weighted by atomic mass is 9.86. The summed E-state index contributed by atoms with van der Waals surface area (Å²) in [6, 6.07) is 51.5. The van der Waals surface area contributed by atoms with Gasteiger partial charge in [-0.25, -0.2) is 4.98 Å². The Labute approximate surface area is 282 Å². The Kier molecular flexibility index (Phi) is 5.75. The number of hydrogen-bond acceptors (Lipinski definition) is 2. The van der Waals surface area contributed by atoms with E-state index in [1.54, 1.807) is 0 Å². The van der Waals surface area contributed by atoms with Crippen LogP contribution in [0.15, 0.2) is 140 Å². The molecule has 0 radical (unpaired) electrons. The van der Waals surface area contributed by atoms with Crippen LogP contribution in [0.5, 0.6) is 0 Å². The van der Waals surface area contributed by atoms with E-state index >= 15 is 0 Å². The summed E-state index contributed by atoms with van der Waals surface area (Å²) in [6.45, 7) is 6.85. The SMILES string of the molecule is CC(C)(C)c1ccc2cc3c(cc2c1)sc1c(-c2nc4cccc5c6ccccc6c6ccccc6c6ccccc6n2c45)cccc13. The molecule has 0 spiro atoms. The topological polar surface area (TPSA) is 17.3 Å². The Morgan fingerprint density at radius 1 is 0.521 bits per heavy atom. The number of benzene rings is 7. The van der Waals surface area contributed by atoms with Crippen LogP contribution in [0, 0.1) is 0 Å². The lowest BCUT2D eigenvalue weighted by molar-refractivity contribution is 0.591. The predicted octanol–water partition coefficient (Wildman–Crippen LogP) is 13.0. The number of fused-ring (bicyclic) bond motifs is 11. The molecule has 0 fully saturated rings. The molecule has 0 aliphatic heterocycles. The minimum atomic E-state index is 0.104. The fourth-order valence-electron chi connectivity index (χ4n) is 7.74. The van der Waals surface area contributed by atoms with E-state index in [2.05, 4.69) is 165 Å². The van der Waals surface area contributed by atoms with Gasteiger partial charge in [0.05, 0.1) is 16.6 Å². The highest BCUT2D eigenvalue weighted by Gasteiger charge is 2.20. The van der Waals surface area contributed by atoms with Gasteiger partial charge in [-0.3, -0.25) is 4.40 Å². The molecule has 0 amide bonds. The molecule has 228 valence electrons. The van der Waals surface area contributed by atoms with E-state index in [1.807, 2.05) is 11.3 Å². The number of imidazole rings is 1. The number of thiophene rings is 1. The third-order valence-corrected chi connectivity index (χ3v) is 11.3. The third kappa shape index (κ3) is 3.95. The average molecular weight is 633 g/mol. The highest BCUT2D eigenvalue weighted by Crippen LogP contribution is 2.43. The smallest absolute Gasteiger partial charge is 0.147 e. The zero-order valence-corrected chi connectivity index (χ0v) is 27.9. The standard InChI is InChI=1S/C45H32N2S/c1-45(2,3)29-23-22-27-25-38-36-18-10-19-37(43(36)48-41(38)26-28(27)24-29)44-46-39-20-11-17-35-33-15-7-5-13-31(33)30-12-4-6-14-32(30)34-16-8-9-21-40(34)47(44)42(35)39/h4-26H,1-3H3. The van der Waals surface area contributed by atoms with E-state index in [0.717, 1.165) is 27.9 Å². The van der Waals surface area contributed by atoms with Crippen molar-refractivity contribution < 1.29 is 0 Å². The molecule has 0 atom stereocenters. The van der Waals surface area contributed by atoms with Crippen molar-refractivity contribution in [2.75, 3.05) is 0 Å². The first-order valence-corrected chi connectivity index (χ1v) is 17.5. The van der Waals surface area contributed by atoms with Crippen molar-refractivity contribution >= 4 is 91.1 Å². The summed E-state index contributed by atoms with van der Waals surface area (Å²) in [4.78, 5) is 5.48. The van der Waals surface area contributed by atoms with Gasteiger partial charge in [-0.2, -0.15) is 0 Å². The molecule has 2 nitrogen and oxygen atoms in total. The lowest BCUT2D eigenvalue weighted by Crippen LogP contribution is -2.10. The maximum Gasteiger partial charge on any atom is 0.147 e. The Hall–Kier alpha value is -5.51. The van der Waals surface area contributed by atoms with Gasteiger partial charge in [-0.05, 0) is 73.6 Å². The first kappa shape index (κ1) is 27.6. The molecule has 0 aliphatic rings. The fourth-order valence-corrected chi connectivity index (χ4v) is 8.99. The zero-order chi connectivity index (χ0) is 32.1. The van der Waals surface area contributed by atoms with Crippen LogP contribution in [0.1, 0.15) is 26.3 Å². The second-order valence-electron chi connectivity index (χ2n) is 14.0. The largest absolute Gasteiger partial charge is 0.291 e. The molecule has 0 saturated heterocycles. The minimum absolute atomic E-state index is 0.104. The molecule has 0 unspecified atom stereocenters. The summed E-state index contributed by atoms with van der Waals surface area (Å²) in [7, 11) is 0. The summed E-state index contributed by atoms with van der Waals surface area (Å²) < 4.78 is 5.01. The zero-order valence-electron chi connectivity index (χ0n) is 27.1. The van der Waals surface area contributed by atoms with E-state index in [0.29, 0.717) is 0 Å². The van der Waals surface area contributed by atoms with Crippen LogP contribution in [0.4, 0.5) is 0 Å². The monoisotopic (exact) mass is 632 g/mol. The van der Waals surface area contributed by atoms with Crippen LogP contribution in [-0.2, 0) is 5.41 Å². The molecule has 0 aliphatic carbocycles. The minimum Gasteiger partial charge on any atom is -0.291 e. The Bertz CT molecular complexity index is 2990. The fraction of sp³-hybridized carbons (Fsp3) is 0.0889. The van der Waals surface area contributed by atoms with Crippen LogP contribution >= 0.6 is 11.3 Å². The van der Waals surface area contributed by atoms with Gasteiger partial charge in [0.1, 0.15) is 5.82 Å². The number of nitrogens with zero attached hydrogens (tertiary/aromatic N) is 2. The van der Waals surface area contributed by atoms with E-state index in [4.69, 9.17) is 4.98 Å². The number of para-hydroxylation sites is 2. The van der Waals surface area contributed by atoms with Crippen LogP contribution in [0.3, 0.4) is 0 Å². The highest BCUT2D eigenvalue weighted by molar-refractivity contribution is 7.26. The average Bonchev–Trinajstić information content (AvgIpc) is 3.69. The van der Waals surface area contributed by atoms with Crippen molar-refractivity contribution in [3.8, 4) is 11.4 Å². The van der Waals surface area contributed by atoms with Gasteiger partial charge in [0, 0.05) is 36.5 Å². The normalized spacial score (nSPS) is 12.5. The third-order valence-electron chi connectivity index (χ3n) is 10.1. The Balaban J connectivity index is 1.39. The van der Waals surface area contributed by atoms with Gasteiger partial charge in [-0.15, -0.1) is 11.3 Å².